The van der Waals surface area contributed by atoms with Gasteiger partial charge in [0.1, 0.15) is 5.75 Å². The molecule has 2 heterocycles. The van der Waals surface area contributed by atoms with Crippen LogP contribution in [0.1, 0.15) is 24.3 Å². The summed E-state index contributed by atoms with van der Waals surface area (Å²) in [5.41, 5.74) is 4.73. The molecule has 0 radical (unpaired) electrons. The Morgan fingerprint density at radius 1 is 1.08 bits per heavy atom. The Bertz CT molecular complexity index is 870. The van der Waals surface area contributed by atoms with Crippen LogP contribution in [-0.2, 0) is 11.2 Å². The monoisotopic (exact) mass is 348 g/mol. The lowest BCUT2D eigenvalue weighted by Gasteiger charge is -2.24. The molecule has 4 rings (SSSR count). The summed E-state index contributed by atoms with van der Waals surface area (Å²) in [6.07, 6.45) is 5.19. The third-order valence-corrected chi connectivity index (χ3v) is 4.93. The van der Waals surface area contributed by atoms with Crippen molar-refractivity contribution in [2.75, 3.05) is 25.2 Å². The Balaban J connectivity index is 1.61. The molecular formula is C22H24N2O2. The molecule has 0 unspecified atom stereocenters. The van der Waals surface area contributed by atoms with Crippen molar-refractivity contribution >= 4 is 5.69 Å². The number of benzene rings is 2. The Kier molecular flexibility index (Phi) is 4.67. The van der Waals surface area contributed by atoms with Gasteiger partial charge in [0.15, 0.2) is 6.23 Å². The maximum atomic E-state index is 6.05. The summed E-state index contributed by atoms with van der Waals surface area (Å²) in [4.78, 5) is 2.32. The largest absolute Gasteiger partial charge is 0.495 e. The highest BCUT2D eigenvalue weighted by Gasteiger charge is 2.28. The second-order valence-corrected chi connectivity index (χ2v) is 6.46. The summed E-state index contributed by atoms with van der Waals surface area (Å²) in [5.74, 6) is 0.856. The summed E-state index contributed by atoms with van der Waals surface area (Å²) in [6.45, 7) is 3.81. The Morgan fingerprint density at radius 2 is 1.88 bits per heavy atom. The molecule has 1 aliphatic rings. The fourth-order valence-electron chi connectivity index (χ4n) is 3.49. The predicted molar refractivity (Wildman–Crippen MR) is 104 cm³/mol. The van der Waals surface area contributed by atoms with Crippen LogP contribution in [0.4, 0.5) is 5.69 Å². The highest BCUT2D eigenvalue weighted by Crippen LogP contribution is 2.33. The van der Waals surface area contributed by atoms with Gasteiger partial charge in [-0.1, -0.05) is 31.2 Å². The summed E-state index contributed by atoms with van der Waals surface area (Å²) in [5, 5.41) is 0. The van der Waals surface area contributed by atoms with E-state index in [2.05, 4.69) is 65.2 Å². The van der Waals surface area contributed by atoms with E-state index < -0.39 is 0 Å². The molecule has 4 nitrogen and oxygen atoms in total. The number of hydrogen-bond donors (Lipinski definition) is 0. The second kappa shape index (κ2) is 7.26. The first-order valence-corrected chi connectivity index (χ1v) is 9.08. The van der Waals surface area contributed by atoms with E-state index in [1.165, 1.54) is 11.3 Å². The summed E-state index contributed by atoms with van der Waals surface area (Å²) >= 11 is 0. The highest BCUT2D eigenvalue weighted by molar-refractivity contribution is 5.51. The molecule has 26 heavy (non-hydrogen) atoms. The maximum Gasteiger partial charge on any atom is 0.158 e. The first-order chi connectivity index (χ1) is 12.8. The molecule has 1 saturated heterocycles. The third kappa shape index (κ3) is 3.08. The number of aryl methyl sites for hydroxylation is 1. The molecule has 134 valence electrons. The number of methoxy groups -OCH3 is 1. The van der Waals surface area contributed by atoms with Gasteiger partial charge in [-0.15, -0.1) is 0 Å². The van der Waals surface area contributed by atoms with Gasteiger partial charge in [-0.05, 0) is 42.3 Å². The molecule has 0 amide bonds. The van der Waals surface area contributed by atoms with Crippen molar-refractivity contribution in [3.05, 3.63) is 78.1 Å². The molecule has 0 bridgehead atoms. The van der Waals surface area contributed by atoms with E-state index in [0.29, 0.717) is 0 Å². The lowest BCUT2D eigenvalue weighted by molar-refractivity contribution is 0.114. The molecule has 1 fully saturated rings. The normalized spacial score (nSPS) is 16.8. The van der Waals surface area contributed by atoms with Crippen LogP contribution < -0.4 is 9.64 Å². The zero-order valence-corrected chi connectivity index (χ0v) is 15.3. The first kappa shape index (κ1) is 16.7. The zero-order valence-electron chi connectivity index (χ0n) is 15.3. The van der Waals surface area contributed by atoms with Crippen LogP contribution in [0.3, 0.4) is 0 Å². The van der Waals surface area contributed by atoms with E-state index in [0.717, 1.165) is 36.6 Å². The molecular weight excluding hydrogens is 324 g/mol. The minimum Gasteiger partial charge on any atom is -0.495 e. The standard InChI is InChI=1S/C22H24N2O2/c1-3-17-8-10-19(11-9-17)24-14-15-26-22(24)18-12-13-23(16-18)20-6-4-5-7-21(20)25-2/h4-13,16,22H,3,14-15H2,1-2H3/t22-/m1/s1. The number of aromatic nitrogens is 1. The topological polar surface area (TPSA) is 26.6 Å². The van der Waals surface area contributed by atoms with E-state index in [9.17, 15) is 0 Å². The number of anilines is 1. The van der Waals surface area contributed by atoms with E-state index in [1.807, 2.05) is 18.2 Å². The minimum atomic E-state index is -0.0570. The fourth-order valence-corrected chi connectivity index (χ4v) is 3.49. The molecule has 1 aromatic heterocycles. The molecule has 0 saturated carbocycles. The van der Waals surface area contributed by atoms with Crippen LogP contribution in [0.25, 0.3) is 5.69 Å². The number of para-hydroxylation sites is 2. The number of rotatable bonds is 5. The number of ether oxygens (including phenoxy) is 2. The van der Waals surface area contributed by atoms with Crippen LogP contribution in [0.2, 0.25) is 0 Å². The number of hydrogen-bond acceptors (Lipinski definition) is 3. The Labute approximate surface area is 154 Å². The van der Waals surface area contributed by atoms with Gasteiger partial charge in [-0.3, -0.25) is 0 Å². The van der Waals surface area contributed by atoms with E-state index in [-0.39, 0.29) is 6.23 Å². The Hall–Kier alpha value is -2.72. The summed E-state index contributed by atoms with van der Waals surface area (Å²) in [6, 6.07) is 18.9. The third-order valence-electron chi connectivity index (χ3n) is 4.93. The van der Waals surface area contributed by atoms with Gasteiger partial charge in [-0.2, -0.15) is 0 Å². The Morgan fingerprint density at radius 3 is 2.65 bits per heavy atom. The van der Waals surface area contributed by atoms with Crippen molar-refractivity contribution in [1.29, 1.82) is 0 Å². The van der Waals surface area contributed by atoms with Gasteiger partial charge in [0, 0.05) is 30.2 Å². The van der Waals surface area contributed by atoms with Gasteiger partial charge < -0.3 is 18.9 Å². The molecule has 1 aliphatic heterocycles. The SMILES string of the molecule is CCc1ccc(N2CCO[C@@H]2c2ccn(-c3ccccc3OC)c2)cc1. The molecule has 4 heteroatoms. The lowest BCUT2D eigenvalue weighted by Crippen LogP contribution is -2.22. The lowest BCUT2D eigenvalue weighted by atomic mass is 10.1. The molecule has 3 aromatic rings. The second-order valence-electron chi connectivity index (χ2n) is 6.46. The maximum absolute atomic E-state index is 6.05. The van der Waals surface area contributed by atoms with Gasteiger partial charge >= 0.3 is 0 Å². The van der Waals surface area contributed by atoms with Crippen molar-refractivity contribution in [3.8, 4) is 11.4 Å². The van der Waals surface area contributed by atoms with Crippen LogP contribution in [0.5, 0.6) is 5.75 Å². The van der Waals surface area contributed by atoms with Gasteiger partial charge in [0.05, 0.1) is 19.4 Å². The van der Waals surface area contributed by atoms with Crippen LogP contribution >= 0.6 is 0 Å². The molecule has 0 N–H and O–H groups in total. The zero-order chi connectivity index (χ0) is 17.9. The summed E-state index contributed by atoms with van der Waals surface area (Å²) < 4.78 is 13.6. The average molecular weight is 348 g/mol. The smallest absolute Gasteiger partial charge is 0.158 e. The molecule has 1 atom stereocenters. The van der Waals surface area contributed by atoms with Crippen molar-refractivity contribution in [2.24, 2.45) is 0 Å². The quantitative estimate of drug-likeness (QED) is 0.675. The van der Waals surface area contributed by atoms with Gasteiger partial charge in [-0.25, -0.2) is 0 Å². The first-order valence-electron chi connectivity index (χ1n) is 9.08. The van der Waals surface area contributed by atoms with Crippen molar-refractivity contribution < 1.29 is 9.47 Å². The highest BCUT2D eigenvalue weighted by atomic mass is 16.5. The molecule has 0 spiro atoms. The fraction of sp³-hybridized carbons (Fsp3) is 0.273. The van der Waals surface area contributed by atoms with E-state index in [1.54, 1.807) is 7.11 Å². The van der Waals surface area contributed by atoms with Crippen LogP contribution in [-0.4, -0.2) is 24.8 Å². The minimum absolute atomic E-state index is 0.0570. The van der Waals surface area contributed by atoms with Crippen molar-refractivity contribution in [2.45, 2.75) is 19.6 Å². The number of nitrogens with zero attached hydrogens (tertiary/aromatic N) is 2. The molecule has 0 aliphatic carbocycles. The van der Waals surface area contributed by atoms with Crippen molar-refractivity contribution in [3.63, 3.8) is 0 Å². The molecule has 2 aromatic carbocycles. The van der Waals surface area contributed by atoms with Crippen LogP contribution in [0, 0.1) is 0 Å². The van der Waals surface area contributed by atoms with Gasteiger partial charge in [0.25, 0.3) is 0 Å². The summed E-state index contributed by atoms with van der Waals surface area (Å²) in [7, 11) is 1.70. The van der Waals surface area contributed by atoms with Gasteiger partial charge in [0.2, 0.25) is 0 Å². The predicted octanol–water partition coefficient (Wildman–Crippen LogP) is 4.58. The van der Waals surface area contributed by atoms with Crippen molar-refractivity contribution in [1.82, 2.24) is 4.57 Å². The van der Waals surface area contributed by atoms with Crippen LogP contribution in [0.15, 0.2) is 67.0 Å². The van der Waals surface area contributed by atoms with E-state index >= 15 is 0 Å². The van der Waals surface area contributed by atoms with E-state index in [4.69, 9.17) is 9.47 Å². The average Bonchev–Trinajstić information content (AvgIpc) is 3.37.